The molecule has 0 heterocycles. The summed E-state index contributed by atoms with van der Waals surface area (Å²) >= 11 is 2.24. The minimum absolute atomic E-state index is 0.285. The number of hydrogen-bond acceptors (Lipinski definition) is 5. The minimum Gasteiger partial charge on any atom is -0.460 e. The standard InChI is InChI=1S/C33H48ClF2IO5S/c1-3-5-7-12-16-28-18-22-30(23-19-28)37(31-24-20-29(21-25-31)17-13-8-6-4-2)42-43(39,40)33(35,36)32(38)41-27-15-11-9-10-14-26-34/h18-25H,3-17,26-27H2,1-2H3/q+1. The zero-order valence-electron chi connectivity index (χ0n) is 25.6. The molecule has 0 bridgehead atoms. The van der Waals surface area contributed by atoms with E-state index < -0.39 is 41.6 Å². The first-order chi connectivity index (χ1) is 20.7. The second-order valence-corrected chi connectivity index (χ2v) is 17.7. The van der Waals surface area contributed by atoms with Crippen LogP contribution in [0.1, 0.15) is 108 Å². The molecule has 0 aliphatic carbocycles. The number of unbranched alkanes of at least 4 members (excludes halogenated alkanes) is 10. The van der Waals surface area contributed by atoms with E-state index in [9.17, 15) is 13.2 Å². The van der Waals surface area contributed by atoms with Crippen LogP contribution >= 0.6 is 11.6 Å². The molecule has 43 heavy (non-hydrogen) atoms. The van der Waals surface area contributed by atoms with Gasteiger partial charge in [-0.2, -0.15) is 17.2 Å². The zero-order valence-corrected chi connectivity index (χ0v) is 29.3. The Hall–Kier alpha value is -1.30. The van der Waals surface area contributed by atoms with Crippen molar-refractivity contribution in [2.75, 3.05) is 12.5 Å². The van der Waals surface area contributed by atoms with Gasteiger partial charge < -0.3 is 4.74 Å². The van der Waals surface area contributed by atoms with Crippen LogP contribution in [0.2, 0.25) is 0 Å². The van der Waals surface area contributed by atoms with Crippen LogP contribution in [-0.4, -0.2) is 32.1 Å². The van der Waals surface area contributed by atoms with Crippen LogP contribution in [0.15, 0.2) is 48.5 Å². The number of ether oxygens (including phenoxy) is 1. The topological polar surface area (TPSA) is 69.7 Å². The molecule has 0 atom stereocenters. The first-order valence-corrected chi connectivity index (χ1v) is 20.6. The average Bonchev–Trinajstić information content (AvgIpc) is 3.00. The fourth-order valence-corrected chi connectivity index (χ4v) is 11.4. The first-order valence-electron chi connectivity index (χ1n) is 15.6. The third kappa shape index (κ3) is 13.3. The fourth-order valence-electron chi connectivity index (χ4n) is 4.44. The van der Waals surface area contributed by atoms with Crippen molar-refractivity contribution in [3.63, 3.8) is 0 Å². The fraction of sp³-hybridized carbons (Fsp3) is 0.606. The van der Waals surface area contributed by atoms with Crippen LogP contribution in [0, 0.1) is 7.14 Å². The Labute approximate surface area is 270 Å². The van der Waals surface area contributed by atoms with Gasteiger partial charge in [0.15, 0.2) is 7.14 Å². The second-order valence-electron chi connectivity index (χ2n) is 10.7. The van der Waals surface area contributed by atoms with E-state index in [1.807, 2.05) is 24.3 Å². The van der Waals surface area contributed by atoms with Gasteiger partial charge in [-0.1, -0.05) is 95.9 Å². The number of benzene rings is 2. The predicted octanol–water partition coefficient (Wildman–Crippen LogP) is 6.18. The number of rotatable bonds is 23. The van der Waals surface area contributed by atoms with Gasteiger partial charge in [0.2, 0.25) is 0 Å². The Bertz CT molecular complexity index is 1110. The third-order valence-corrected chi connectivity index (χ3v) is 14.6. The summed E-state index contributed by atoms with van der Waals surface area (Å²) in [5, 5.41) is -4.82. The van der Waals surface area contributed by atoms with Crippen molar-refractivity contribution in [2.24, 2.45) is 0 Å². The van der Waals surface area contributed by atoms with E-state index in [0.29, 0.717) is 25.9 Å². The Balaban J connectivity index is 2.20. The highest BCUT2D eigenvalue weighted by Crippen LogP contribution is 2.24. The van der Waals surface area contributed by atoms with Crippen LogP contribution in [-0.2, 0) is 35.0 Å². The lowest BCUT2D eigenvalue weighted by molar-refractivity contribution is -1.03. The smallest absolute Gasteiger partial charge is 0.460 e. The summed E-state index contributed by atoms with van der Waals surface area (Å²) in [4.78, 5) is 12.3. The lowest BCUT2D eigenvalue weighted by Gasteiger charge is -2.15. The van der Waals surface area contributed by atoms with Crippen LogP contribution in [0.25, 0.3) is 0 Å². The molecular formula is C33H48ClF2IO5S+. The molecule has 0 aliphatic rings. The van der Waals surface area contributed by atoms with E-state index in [4.69, 9.17) is 14.1 Å². The molecular weight excluding hydrogens is 709 g/mol. The van der Waals surface area contributed by atoms with Gasteiger partial charge in [-0.3, -0.25) is 0 Å². The summed E-state index contributed by atoms with van der Waals surface area (Å²) in [5.74, 6) is -1.55. The van der Waals surface area contributed by atoms with Crippen LogP contribution in [0.3, 0.4) is 0 Å². The second kappa shape index (κ2) is 20.7. The Morgan fingerprint density at radius 1 is 0.721 bits per heavy atom. The van der Waals surface area contributed by atoms with Gasteiger partial charge in [-0.05, 0) is 76.4 Å². The highest BCUT2D eigenvalue weighted by molar-refractivity contribution is 7.88. The number of aryl methyl sites for hydroxylation is 2. The molecule has 0 amide bonds. The monoisotopic (exact) mass is 756 g/mol. The van der Waals surface area contributed by atoms with Gasteiger partial charge in [0.1, 0.15) is 0 Å². The molecule has 2 aromatic rings. The first kappa shape index (κ1) is 37.9. The van der Waals surface area contributed by atoms with Crippen LogP contribution < -0.4 is 20.2 Å². The number of esters is 1. The van der Waals surface area contributed by atoms with Crippen molar-refractivity contribution in [3.8, 4) is 0 Å². The number of halogens is 4. The number of hydrogen-bond donors (Lipinski definition) is 0. The molecule has 10 heteroatoms. The molecule has 243 valence electrons. The van der Waals surface area contributed by atoms with E-state index in [1.54, 1.807) is 24.3 Å². The van der Waals surface area contributed by atoms with Gasteiger partial charge in [-0.15, -0.1) is 11.6 Å². The van der Waals surface area contributed by atoms with Crippen molar-refractivity contribution in [1.82, 2.24) is 0 Å². The summed E-state index contributed by atoms with van der Waals surface area (Å²) in [5.41, 5.74) is 2.19. The normalized spacial score (nSPS) is 12.1. The molecule has 0 saturated carbocycles. The van der Waals surface area contributed by atoms with E-state index >= 15 is 8.78 Å². The quantitative estimate of drug-likeness (QED) is 0.0587. The largest absolute Gasteiger partial charge is 0.469 e. The molecule has 0 N–H and O–H groups in total. The maximum absolute atomic E-state index is 15.0. The Morgan fingerprint density at radius 2 is 1.16 bits per heavy atom. The van der Waals surface area contributed by atoms with E-state index in [1.165, 1.54) is 12.8 Å². The molecule has 0 aliphatic heterocycles. The van der Waals surface area contributed by atoms with Gasteiger partial charge in [0.25, 0.3) is 0 Å². The molecule has 0 aromatic heterocycles. The molecule has 2 aromatic carbocycles. The lowest BCUT2D eigenvalue weighted by atomic mass is 10.1. The molecule has 0 fully saturated rings. The highest BCUT2D eigenvalue weighted by Gasteiger charge is 2.60. The minimum atomic E-state index is -5.62. The molecule has 0 unspecified atom stereocenters. The Kier molecular flexibility index (Phi) is 18.2. The summed E-state index contributed by atoms with van der Waals surface area (Å²) < 4.78 is 67.1. The average molecular weight is 757 g/mol. The number of alkyl halides is 3. The molecule has 5 nitrogen and oxygen atoms in total. The van der Waals surface area contributed by atoms with Crippen LogP contribution in [0.5, 0.6) is 0 Å². The van der Waals surface area contributed by atoms with Gasteiger partial charge >= 0.3 is 41.6 Å². The summed E-state index contributed by atoms with van der Waals surface area (Å²) in [7, 11) is -5.62. The van der Waals surface area contributed by atoms with Crippen molar-refractivity contribution >= 4 is 27.7 Å². The number of carbonyl (C=O) groups is 1. The predicted molar refractivity (Wildman–Crippen MR) is 166 cm³/mol. The summed E-state index contributed by atoms with van der Waals surface area (Å²) in [6.07, 6.45) is 14.3. The molecule has 1 radical (unpaired) electrons. The third-order valence-electron chi connectivity index (χ3n) is 7.07. The van der Waals surface area contributed by atoms with Gasteiger partial charge in [-0.25, -0.2) is 4.79 Å². The summed E-state index contributed by atoms with van der Waals surface area (Å²) in [6, 6.07) is 14.7. The molecule has 0 spiro atoms. The van der Waals surface area contributed by atoms with Crippen LogP contribution in [0.4, 0.5) is 8.78 Å². The van der Waals surface area contributed by atoms with E-state index in [2.05, 4.69) is 18.6 Å². The molecule has 0 saturated heterocycles. The maximum Gasteiger partial charge on any atom is 0.469 e. The maximum atomic E-state index is 15.0. The zero-order chi connectivity index (χ0) is 31.6. The van der Waals surface area contributed by atoms with E-state index in [0.717, 1.165) is 81.8 Å². The number of carbonyl (C=O) groups excluding carboxylic acids is 1. The van der Waals surface area contributed by atoms with Crippen molar-refractivity contribution in [2.45, 2.75) is 115 Å². The summed E-state index contributed by atoms with van der Waals surface area (Å²) in [6.45, 7) is 4.03. The molecule has 2 rings (SSSR count). The van der Waals surface area contributed by atoms with Crippen molar-refractivity contribution < 1.29 is 49.5 Å². The van der Waals surface area contributed by atoms with Crippen molar-refractivity contribution in [1.29, 1.82) is 0 Å². The van der Waals surface area contributed by atoms with Crippen molar-refractivity contribution in [3.05, 3.63) is 66.8 Å². The SMILES string of the molecule is CCCCCCc1ccc([I+](OS(=O)(=O)C(F)(F)C(=O)OCCCCCCCCl)c2ccc(CCCCCC)cc2)cc1. The highest BCUT2D eigenvalue weighted by atomic mass is 127. The van der Waals surface area contributed by atoms with Gasteiger partial charge in [0.05, 0.1) is 6.61 Å². The Morgan fingerprint density at radius 3 is 1.63 bits per heavy atom. The lowest BCUT2D eigenvalue weighted by Crippen LogP contribution is -3.85. The van der Waals surface area contributed by atoms with Gasteiger partial charge in [0, 0.05) is 5.88 Å². The van der Waals surface area contributed by atoms with E-state index in [-0.39, 0.29) is 6.61 Å².